The van der Waals surface area contributed by atoms with Crippen molar-refractivity contribution in [2.75, 3.05) is 25.5 Å². The van der Waals surface area contributed by atoms with E-state index in [1.165, 1.54) is 6.07 Å². The summed E-state index contributed by atoms with van der Waals surface area (Å²) in [6.07, 6.45) is 1.08. The van der Waals surface area contributed by atoms with Gasteiger partial charge in [-0.1, -0.05) is 26.0 Å². The molecule has 0 saturated heterocycles. The van der Waals surface area contributed by atoms with E-state index >= 15 is 0 Å². The van der Waals surface area contributed by atoms with Gasteiger partial charge in [0.25, 0.3) is 5.69 Å². The fraction of sp³-hybridized carbons (Fsp3) is 0.538. The van der Waals surface area contributed by atoms with Crippen LogP contribution in [-0.4, -0.2) is 30.0 Å². The number of para-hydroxylation sites is 1. The fourth-order valence-corrected chi connectivity index (χ4v) is 2.07. The first-order valence-electron chi connectivity index (χ1n) is 6.30. The monoisotopic (exact) mass is 251 g/mol. The zero-order chi connectivity index (χ0) is 13.5. The summed E-state index contributed by atoms with van der Waals surface area (Å²) in [5.74, 6) is 0. The molecule has 0 bridgehead atoms. The number of nitrogens with one attached hydrogen (secondary N) is 1. The average Bonchev–Trinajstić information content (AvgIpc) is 2.37. The molecule has 0 saturated carbocycles. The molecule has 18 heavy (non-hydrogen) atoms. The molecule has 0 aliphatic carbocycles. The minimum absolute atomic E-state index is 0.141. The molecule has 0 aliphatic heterocycles. The minimum Gasteiger partial charge on any atom is -0.382 e. The Labute approximate surface area is 108 Å². The third-order valence-electron chi connectivity index (χ3n) is 2.96. The third kappa shape index (κ3) is 3.43. The second-order valence-electron chi connectivity index (χ2n) is 4.19. The van der Waals surface area contributed by atoms with E-state index in [4.69, 9.17) is 0 Å². The lowest BCUT2D eigenvalue weighted by atomic mass is 10.1. The Morgan fingerprint density at radius 1 is 1.39 bits per heavy atom. The van der Waals surface area contributed by atoms with Crippen LogP contribution in [0.25, 0.3) is 0 Å². The van der Waals surface area contributed by atoms with Gasteiger partial charge in [0, 0.05) is 19.7 Å². The molecule has 1 N–H and O–H groups in total. The van der Waals surface area contributed by atoms with Crippen LogP contribution in [0.15, 0.2) is 18.2 Å². The van der Waals surface area contributed by atoms with Gasteiger partial charge in [-0.2, -0.15) is 0 Å². The van der Waals surface area contributed by atoms with Crippen molar-refractivity contribution in [2.24, 2.45) is 0 Å². The molecule has 0 atom stereocenters. The third-order valence-corrected chi connectivity index (χ3v) is 2.96. The summed E-state index contributed by atoms with van der Waals surface area (Å²) in [6, 6.07) is 5.22. The molecule has 100 valence electrons. The number of nitro benzene ring substituents is 1. The molecule has 5 heteroatoms. The molecule has 1 aromatic rings. The van der Waals surface area contributed by atoms with E-state index in [0.29, 0.717) is 5.69 Å². The number of hydrogen-bond donors (Lipinski definition) is 1. The summed E-state index contributed by atoms with van der Waals surface area (Å²) < 4.78 is 0. The summed E-state index contributed by atoms with van der Waals surface area (Å²) in [4.78, 5) is 12.9. The van der Waals surface area contributed by atoms with E-state index in [2.05, 4.69) is 24.1 Å². The normalized spacial score (nSPS) is 10.7. The van der Waals surface area contributed by atoms with E-state index in [-0.39, 0.29) is 10.6 Å². The second-order valence-corrected chi connectivity index (χ2v) is 4.19. The summed E-state index contributed by atoms with van der Waals surface area (Å²) in [5.41, 5.74) is 1.74. The van der Waals surface area contributed by atoms with Crippen molar-refractivity contribution in [3.8, 4) is 0 Å². The first-order valence-corrected chi connectivity index (χ1v) is 6.30. The predicted octanol–water partition coefficient (Wildman–Crippen LogP) is 2.87. The van der Waals surface area contributed by atoms with Crippen molar-refractivity contribution in [2.45, 2.75) is 26.8 Å². The van der Waals surface area contributed by atoms with Crippen molar-refractivity contribution in [3.05, 3.63) is 33.9 Å². The van der Waals surface area contributed by atoms with Gasteiger partial charge in [-0.3, -0.25) is 15.0 Å². The van der Waals surface area contributed by atoms with Crippen molar-refractivity contribution >= 4 is 11.4 Å². The molecular formula is C13H21N3O2. The first kappa shape index (κ1) is 14.4. The van der Waals surface area contributed by atoms with E-state index in [1.54, 1.807) is 13.1 Å². The summed E-state index contributed by atoms with van der Waals surface area (Å²) in [7, 11) is 1.72. The number of benzene rings is 1. The summed E-state index contributed by atoms with van der Waals surface area (Å²) >= 11 is 0. The second kappa shape index (κ2) is 6.96. The SMILES string of the molecule is CCCN(CC)Cc1cccc([N+](=O)[O-])c1NC. The molecule has 0 aromatic heterocycles. The zero-order valence-electron chi connectivity index (χ0n) is 11.3. The van der Waals surface area contributed by atoms with Crippen molar-refractivity contribution in [1.29, 1.82) is 0 Å². The Hall–Kier alpha value is -1.62. The Morgan fingerprint density at radius 2 is 2.11 bits per heavy atom. The highest BCUT2D eigenvalue weighted by atomic mass is 16.6. The van der Waals surface area contributed by atoms with Crippen molar-refractivity contribution in [3.63, 3.8) is 0 Å². The standard InChI is InChI=1S/C13H21N3O2/c1-4-9-15(5-2)10-11-7-6-8-12(16(17)18)13(11)14-3/h6-8,14H,4-5,9-10H2,1-3H3. The predicted molar refractivity (Wildman–Crippen MR) is 73.9 cm³/mol. The molecule has 0 spiro atoms. The molecule has 0 radical (unpaired) electrons. The van der Waals surface area contributed by atoms with Crippen LogP contribution in [-0.2, 0) is 6.54 Å². The number of nitrogens with zero attached hydrogens (tertiary/aromatic N) is 2. The smallest absolute Gasteiger partial charge is 0.292 e. The molecule has 5 nitrogen and oxygen atoms in total. The number of nitro groups is 1. The van der Waals surface area contributed by atoms with Crippen LogP contribution >= 0.6 is 0 Å². The number of rotatable bonds is 7. The molecule has 0 fully saturated rings. The highest BCUT2D eigenvalue weighted by Crippen LogP contribution is 2.28. The van der Waals surface area contributed by atoms with E-state index in [0.717, 1.165) is 31.6 Å². The molecular weight excluding hydrogens is 230 g/mol. The Balaban J connectivity index is 3.01. The average molecular weight is 251 g/mol. The van der Waals surface area contributed by atoms with Crippen molar-refractivity contribution in [1.82, 2.24) is 4.90 Å². The van der Waals surface area contributed by atoms with Crippen LogP contribution in [0.3, 0.4) is 0 Å². The molecule has 1 aromatic carbocycles. The van der Waals surface area contributed by atoms with Crippen LogP contribution in [0.4, 0.5) is 11.4 Å². The molecule has 1 rings (SSSR count). The van der Waals surface area contributed by atoms with Gasteiger partial charge in [0.2, 0.25) is 0 Å². The van der Waals surface area contributed by atoms with Crippen LogP contribution in [0.1, 0.15) is 25.8 Å². The molecule has 0 unspecified atom stereocenters. The van der Waals surface area contributed by atoms with Gasteiger partial charge >= 0.3 is 0 Å². The topological polar surface area (TPSA) is 58.4 Å². The quantitative estimate of drug-likeness (QED) is 0.598. The Morgan fingerprint density at radius 3 is 2.61 bits per heavy atom. The largest absolute Gasteiger partial charge is 0.382 e. The maximum absolute atomic E-state index is 11.0. The van der Waals surface area contributed by atoms with Crippen LogP contribution < -0.4 is 5.32 Å². The lowest BCUT2D eigenvalue weighted by Gasteiger charge is -2.21. The maximum Gasteiger partial charge on any atom is 0.292 e. The van der Waals surface area contributed by atoms with Crippen LogP contribution in [0.5, 0.6) is 0 Å². The Bertz CT molecular complexity index is 407. The fourth-order valence-electron chi connectivity index (χ4n) is 2.07. The molecule has 0 amide bonds. The summed E-state index contributed by atoms with van der Waals surface area (Å²) in [5, 5.41) is 13.9. The van der Waals surface area contributed by atoms with Gasteiger partial charge in [-0.25, -0.2) is 0 Å². The van der Waals surface area contributed by atoms with Gasteiger partial charge in [0.1, 0.15) is 5.69 Å². The Kier molecular flexibility index (Phi) is 5.58. The number of hydrogen-bond acceptors (Lipinski definition) is 4. The van der Waals surface area contributed by atoms with Gasteiger partial charge < -0.3 is 5.32 Å². The minimum atomic E-state index is -0.342. The van der Waals surface area contributed by atoms with E-state index in [1.807, 2.05) is 6.07 Å². The lowest BCUT2D eigenvalue weighted by molar-refractivity contribution is -0.384. The van der Waals surface area contributed by atoms with Gasteiger partial charge in [0.15, 0.2) is 0 Å². The highest BCUT2D eigenvalue weighted by molar-refractivity contribution is 5.66. The van der Waals surface area contributed by atoms with Gasteiger partial charge in [-0.05, 0) is 25.1 Å². The van der Waals surface area contributed by atoms with Crippen LogP contribution in [0.2, 0.25) is 0 Å². The lowest BCUT2D eigenvalue weighted by Crippen LogP contribution is -2.24. The maximum atomic E-state index is 11.0. The van der Waals surface area contributed by atoms with Crippen molar-refractivity contribution < 1.29 is 4.92 Å². The number of anilines is 1. The molecule has 0 heterocycles. The van der Waals surface area contributed by atoms with Crippen LogP contribution in [0, 0.1) is 10.1 Å². The molecule has 0 aliphatic rings. The highest BCUT2D eigenvalue weighted by Gasteiger charge is 2.17. The first-order chi connectivity index (χ1) is 8.63. The van der Waals surface area contributed by atoms with E-state index in [9.17, 15) is 10.1 Å². The zero-order valence-corrected chi connectivity index (χ0v) is 11.3. The van der Waals surface area contributed by atoms with Gasteiger partial charge in [0.05, 0.1) is 4.92 Å². The summed E-state index contributed by atoms with van der Waals surface area (Å²) in [6.45, 7) is 6.92. The van der Waals surface area contributed by atoms with E-state index < -0.39 is 0 Å². The van der Waals surface area contributed by atoms with Gasteiger partial charge in [-0.15, -0.1) is 0 Å².